The molecule has 0 radical (unpaired) electrons. The fourth-order valence-electron chi connectivity index (χ4n) is 0.630. The van der Waals surface area contributed by atoms with Crippen molar-refractivity contribution in [3.05, 3.63) is 0 Å². The first-order valence-corrected chi connectivity index (χ1v) is 16.6. The van der Waals surface area contributed by atoms with E-state index in [0.29, 0.717) is 0 Å². The maximum absolute atomic E-state index is 2.02. The van der Waals surface area contributed by atoms with Gasteiger partial charge in [-0.2, -0.15) is 0 Å². The van der Waals surface area contributed by atoms with Gasteiger partial charge in [0.1, 0.15) is 0 Å². The van der Waals surface area contributed by atoms with Crippen LogP contribution < -0.4 is 0 Å². The van der Waals surface area contributed by atoms with E-state index in [-0.39, 0.29) is 0 Å². The van der Waals surface area contributed by atoms with E-state index in [1.807, 2.05) is 15.1 Å². The van der Waals surface area contributed by atoms with Gasteiger partial charge >= 0.3 is 0 Å². The fourth-order valence-corrected chi connectivity index (χ4v) is 153. The average Bonchev–Trinajstić information content (AvgIpc) is 2.10. The van der Waals surface area contributed by atoms with E-state index in [1.54, 1.807) is 7.55 Å². The van der Waals surface area contributed by atoms with Crippen LogP contribution in [0.25, 0.3) is 0 Å². The third-order valence-electron chi connectivity index (χ3n) is 0.977. The van der Waals surface area contributed by atoms with E-state index in [0.717, 1.165) is 25.5 Å². The molecule has 0 amide bonds. The Bertz CT molecular complexity index is 278. The molecule has 4 bridgehead atoms. The first-order valence-electron chi connectivity index (χ1n) is 1.85. The number of hydrogen-bond acceptors (Lipinski definition) is 0. The van der Waals surface area contributed by atoms with Gasteiger partial charge in [0.25, 0.3) is 0 Å². The quantitative estimate of drug-likeness (QED) is 0.449. The number of hydrogen-bond donors (Lipinski definition) is 0. The molecule has 0 saturated heterocycles. The Hall–Kier alpha value is 2.10. The predicted molar refractivity (Wildman–Crippen MR) is 49.8 cm³/mol. The molecule has 7 heteroatoms. The average molecular weight is 218 g/mol. The van der Waals surface area contributed by atoms with Crippen molar-refractivity contribution >= 4 is 48.1 Å². The maximum Gasteiger partial charge on any atom is -0.241 e. The van der Waals surface area contributed by atoms with Gasteiger partial charge in [-0.3, -0.25) is 20.3 Å². The molecule has 3 unspecified atom stereocenters. The highest BCUT2D eigenvalue weighted by atomic mass is 33.1. The molecule has 0 aromatic carbocycles. The Morgan fingerprint density at radius 2 is 1.86 bits per heavy atom. The molecule has 4 heterocycles. The standard InChI is InChI=1S/HP7/c1-4-2-6-5(1)7(6)3-4/h1H/q-2. The van der Waals surface area contributed by atoms with Crippen molar-refractivity contribution in [2.75, 3.05) is 0 Å². The van der Waals surface area contributed by atoms with E-state index >= 15 is 0 Å². The molecule has 4 rings (SSSR count). The molecule has 38 valence electrons. The molecule has 4 aromatic rings. The lowest BCUT2D eigenvalue weighted by molar-refractivity contribution is 5.40. The summed E-state index contributed by atoms with van der Waals surface area (Å²) >= 11 is 0. The minimum absolute atomic E-state index is 0.727. The Kier molecular flexibility index (Phi) is 0.967. The fraction of sp³-hybridized carbons (Fsp3) is 0. The summed E-state index contributed by atoms with van der Waals surface area (Å²) < 4.78 is 0. The van der Waals surface area contributed by atoms with Crippen LogP contribution in [0.5, 0.6) is 0 Å². The van der Waals surface area contributed by atoms with E-state index in [1.165, 1.54) is 0 Å². The lowest BCUT2D eigenvalue weighted by Gasteiger charge is -1.80. The minimum atomic E-state index is 0.727. The largest absolute Gasteiger partial charge is 0.303 e. The van der Waals surface area contributed by atoms with E-state index < -0.39 is 0 Å². The SMILES string of the molecule is [p-]1p2[p-]p3p1p3[pH]2. The Morgan fingerprint density at radius 3 is 2.00 bits per heavy atom. The lowest BCUT2D eigenvalue weighted by Crippen LogP contribution is -0.662. The molecule has 0 N–H and O–H groups in total. The van der Waals surface area contributed by atoms with Crippen LogP contribution in [-0.2, 0) is 0 Å². The van der Waals surface area contributed by atoms with Crippen LogP contribution in [0.3, 0.4) is 0 Å². The summed E-state index contributed by atoms with van der Waals surface area (Å²) in [5.74, 6) is 0. The molecule has 4 aromatic heterocycles. The van der Waals surface area contributed by atoms with Crippen molar-refractivity contribution in [3.63, 3.8) is 0 Å². The second-order valence-electron chi connectivity index (χ2n) is 1.39. The molecule has 0 aliphatic rings. The third kappa shape index (κ3) is 0.519. The molecular weight excluding hydrogens is 217 g/mol. The summed E-state index contributed by atoms with van der Waals surface area (Å²) in [5, 5.41) is 0. The van der Waals surface area contributed by atoms with E-state index in [4.69, 9.17) is 0 Å². The normalized spacial score (nSPS) is 27.4. The predicted octanol–water partition coefficient (Wildman–Crippen LogP) is 5.76. The maximum atomic E-state index is 2.02. The molecule has 0 nitrogen and oxygen atoms in total. The summed E-state index contributed by atoms with van der Waals surface area (Å²) in [4.78, 5) is 0. The van der Waals surface area contributed by atoms with Crippen molar-refractivity contribution in [1.82, 2.24) is 0 Å². The van der Waals surface area contributed by atoms with Crippen LogP contribution in [0, 0.1) is 0 Å². The smallest absolute Gasteiger partial charge is 0.241 e. The van der Waals surface area contributed by atoms with Crippen molar-refractivity contribution in [3.8, 4) is 0 Å². The van der Waals surface area contributed by atoms with Crippen molar-refractivity contribution in [1.29, 1.82) is 0 Å². The summed E-state index contributed by atoms with van der Waals surface area (Å²) in [6.07, 6.45) is 3.29. The van der Waals surface area contributed by atoms with E-state index in [9.17, 15) is 0 Å². The van der Waals surface area contributed by atoms with Crippen LogP contribution in [0.15, 0.2) is 0 Å². The van der Waals surface area contributed by atoms with Crippen molar-refractivity contribution in [2.45, 2.75) is 0 Å². The van der Waals surface area contributed by atoms with Crippen LogP contribution in [0.2, 0.25) is 0 Å². The molecule has 0 aliphatic carbocycles. The molecular formula is HP7-2. The van der Waals surface area contributed by atoms with Gasteiger partial charge in [-0.15, -0.1) is 0 Å². The highest BCUT2D eigenvalue weighted by Gasteiger charge is 1.89. The van der Waals surface area contributed by atoms with Gasteiger partial charge in [-0.1, -0.05) is 0 Å². The second kappa shape index (κ2) is 1.40. The zero-order chi connectivity index (χ0) is 4.43. The summed E-state index contributed by atoms with van der Waals surface area (Å²) in [7, 11) is 5.61. The van der Waals surface area contributed by atoms with Crippen LogP contribution >= 0.6 is 48.1 Å². The topological polar surface area (TPSA) is 0 Å². The molecule has 0 aliphatic heterocycles. The second-order valence-corrected chi connectivity index (χ2v) is 37.6. The highest BCUT2D eigenvalue weighted by Crippen LogP contribution is 3.03. The molecule has 7 heavy (non-hydrogen) atoms. The van der Waals surface area contributed by atoms with Gasteiger partial charge in [0.2, 0.25) is 0 Å². The monoisotopic (exact) mass is 218 g/mol. The molecule has 0 fully saturated rings. The summed E-state index contributed by atoms with van der Waals surface area (Å²) in [6, 6.07) is 0. The van der Waals surface area contributed by atoms with Crippen LogP contribution in [-0.4, -0.2) is 0 Å². The Balaban J connectivity index is 3.26. The summed E-state index contributed by atoms with van der Waals surface area (Å²) in [5.41, 5.74) is 0. The molecule has 0 spiro atoms. The zero-order valence-electron chi connectivity index (χ0n) is 3.18. The molecule has 0 saturated carbocycles. The van der Waals surface area contributed by atoms with Crippen molar-refractivity contribution < 1.29 is 0 Å². The minimum Gasteiger partial charge on any atom is -0.303 e. The Labute approximate surface area is 48.5 Å². The van der Waals surface area contributed by atoms with Gasteiger partial charge in [0, 0.05) is 0 Å². The van der Waals surface area contributed by atoms with E-state index in [2.05, 4.69) is 0 Å². The Morgan fingerprint density at radius 1 is 1.14 bits per heavy atom. The third-order valence-corrected chi connectivity index (χ3v) is 74.3. The lowest BCUT2D eigenvalue weighted by atomic mass is 29.5. The van der Waals surface area contributed by atoms with Crippen LogP contribution in [0.1, 0.15) is 0 Å². The first-order chi connectivity index (χ1) is 3.45. The first kappa shape index (κ1) is 4.85. The van der Waals surface area contributed by atoms with Gasteiger partial charge < -0.3 is 20.3 Å². The zero-order valence-corrected chi connectivity index (χ0v) is 9.55. The van der Waals surface area contributed by atoms with Gasteiger partial charge in [0.05, 0.1) is 0 Å². The van der Waals surface area contributed by atoms with Crippen LogP contribution in [0.4, 0.5) is 0 Å². The summed E-state index contributed by atoms with van der Waals surface area (Å²) in [6.45, 7) is 0. The molecule has 3 atom stereocenters. The van der Waals surface area contributed by atoms with Gasteiger partial charge in [-0.25, -0.2) is 7.55 Å². The number of rotatable bonds is 0. The highest BCUT2D eigenvalue weighted by molar-refractivity contribution is 9.09. The van der Waals surface area contributed by atoms with Gasteiger partial charge in [0.15, 0.2) is 0 Å². The van der Waals surface area contributed by atoms with Crippen molar-refractivity contribution in [2.24, 2.45) is 0 Å². The van der Waals surface area contributed by atoms with Gasteiger partial charge in [-0.05, 0) is 0 Å².